The van der Waals surface area contributed by atoms with Gasteiger partial charge in [-0.1, -0.05) is 23.7 Å². The lowest BCUT2D eigenvalue weighted by Gasteiger charge is -2.15. The van der Waals surface area contributed by atoms with Crippen LogP contribution in [-0.4, -0.2) is 36.8 Å². The first-order chi connectivity index (χ1) is 13.7. The van der Waals surface area contributed by atoms with Crippen LogP contribution in [0.15, 0.2) is 41.3 Å². The highest BCUT2D eigenvalue weighted by Crippen LogP contribution is 2.26. The zero-order valence-electron chi connectivity index (χ0n) is 16.1. The molecule has 0 aliphatic heterocycles. The molecule has 152 valence electrons. The molecule has 7 nitrogen and oxygen atoms in total. The van der Waals surface area contributed by atoms with E-state index in [-0.39, 0.29) is 11.9 Å². The van der Waals surface area contributed by atoms with Crippen molar-refractivity contribution in [1.29, 1.82) is 0 Å². The molecule has 1 aromatic carbocycles. The number of hydrogen-bond acceptors (Lipinski definition) is 4. The summed E-state index contributed by atoms with van der Waals surface area (Å²) in [7, 11) is 1.76. The molecule has 2 aromatic heterocycles. The van der Waals surface area contributed by atoms with Gasteiger partial charge in [-0.05, 0) is 54.9 Å². The molecule has 1 unspecified atom stereocenters. The highest BCUT2D eigenvalue weighted by molar-refractivity contribution is 7.92. The number of carbonyl (C=O) groups is 2. The summed E-state index contributed by atoms with van der Waals surface area (Å²) in [6.45, 7) is 3.67. The fourth-order valence-corrected chi connectivity index (χ4v) is 4.17. The molecular formula is C20H20ClN3O4S. The number of rotatable bonds is 6. The number of aromatic nitrogens is 2. The second-order valence-electron chi connectivity index (χ2n) is 6.72. The molecule has 1 amide bonds. The monoisotopic (exact) mass is 433 g/mol. The quantitative estimate of drug-likeness (QED) is 0.580. The van der Waals surface area contributed by atoms with Crippen LogP contribution in [0.25, 0.3) is 11.0 Å². The lowest BCUT2D eigenvalue weighted by Crippen LogP contribution is -2.28. The van der Waals surface area contributed by atoms with E-state index in [1.807, 2.05) is 13.8 Å². The second-order valence-corrected chi connectivity index (χ2v) is 8.58. The van der Waals surface area contributed by atoms with Crippen molar-refractivity contribution in [3.8, 4) is 0 Å². The Hall–Kier alpha value is -2.55. The number of amides is 1. The van der Waals surface area contributed by atoms with Gasteiger partial charge in [0.2, 0.25) is 5.75 Å². The normalized spacial score (nSPS) is 13.3. The van der Waals surface area contributed by atoms with Crippen molar-refractivity contribution < 1.29 is 19.2 Å². The van der Waals surface area contributed by atoms with Crippen molar-refractivity contribution in [3.05, 3.63) is 58.4 Å². The maximum atomic E-state index is 12.8. The molecule has 0 saturated carbocycles. The summed E-state index contributed by atoms with van der Waals surface area (Å²) in [5, 5.41) is 12.9. The molecule has 0 fully saturated rings. The lowest BCUT2D eigenvalue weighted by molar-refractivity contribution is -0.134. The average molecular weight is 434 g/mol. The predicted octanol–water partition coefficient (Wildman–Crippen LogP) is 3.22. The molecule has 3 aromatic rings. The third-order valence-electron chi connectivity index (χ3n) is 4.55. The van der Waals surface area contributed by atoms with Gasteiger partial charge in [0.25, 0.3) is 5.91 Å². The molecule has 0 aliphatic rings. The van der Waals surface area contributed by atoms with Crippen LogP contribution in [0, 0.1) is 6.92 Å². The Morgan fingerprint density at radius 3 is 2.59 bits per heavy atom. The first-order valence-electron chi connectivity index (χ1n) is 8.81. The molecule has 0 saturated heterocycles. The highest BCUT2D eigenvalue weighted by atomic mass is 35.5. The fraction of sp³-hybridized carbons (Fsp3) is 0.250. The van der Waals surface area contributed by atoms with Gasteiger partial charge in [-0.3, -0.25) is 4.79 Å². The molecule has 0 spiro atoms. The van der Waals surface area contributed by atoms with Crippen molar-refractivity contribution in [2.24, 2.45) is 7.05 Å². The largest absolute Gasteiger partial charge is 0.611 e. The van der Waals surface area contributed by atoms with Crippen LogP contribution in [0.2, 0.25) is 5.02 Å². The van der Waals surface area contributed by atoms with Gasteiger partial charge in [-0.15, -0.1) is 0 Å². The highest BCUT2D eigenvalue weighted by Gasteiger charge is 2.20. The van der Waals surface area contributed by atoms with Crippen molar-refractivity contribution in [1.82, 2.24) is 14.9 Å². The van der Waals surface area contributed by atoms with E-state index in [1.165, 1.54) is 0 Å². The van der Waals surface area contributed by atoms with Crippen molar-refractivity contribution in [3.63, 3.8) is 0 Å². The van der Waals surface area contributed by atoms with Gasteiger partial charge in [0.05, 0.1) is 11.1 Å². The Balaban J connectivity index is 1.77. The average Bonchev–Trinajstić information content (AvgIpc) is 2.98. The maximum absolute atomic E-state index is 12.8. The SMILES string of the molecule is Cc1cc(Cl)c2cc(C(=O)N[C@H](C)c3ccc([S+]([O-])CC(=O)O)cc3)n(C)c2n1. The Kier molecular flexibility index (Phi) is 6.16. The summed E-state index contributed by atoms with van der Waals surface area (Å²) < 4.78 is 13.6. The number of pyridine rings is 1. The first kappa shape index (κ1) is 21.2. The summed E-state index contributed by atoms with van der Waals surface area (Å²) in [4.78, 5) is 28.4. The third kappa shape index (κ3) is 4.55. The number of nitrogens with one attached hydrogen (secondary N) is 1. The van der Waals surface area contributed by atoms with Crippen LogP contribution in [0.4, 0.5) is 0 Å². The van der Waals surface area contributed by atoms with Gasteiger partial charge in [0.15, 0.2) is 4.90 Å². The van der Waals surface area contributed by atoms with E-state index < -0.39 is 22.9 Å². The number of benzene rings is 1. The van der Waals surface area contributed by atoms with E-state index in [4.69, 9.17) is 16.7 Å². The smallest absolute Gasteiger partial charge is 0.354 e. The van der Waals surface area contributed by atoms with E-state index in [0.717, 1.165) is 11.3 Å². The van der Waals surface area contributed by atoms with E-state index >= 15 is 0 Å². The Labute approximate surface area is 175 Å². The van der Waals surface area contributed by atoms with Gasteiger partial charge >= 0.3 is 5.97 Å². The zero-order chi connectivity index (χ0) is 21.3. The summed E-state index contributed by atoms with van der Waals surface area (Å²) in [5.74, 6) is -1.83. The van der Waals surface area contributed by atoms with Crippen molar-refractivity contribution in [2.75, 3.05) is 5.75 Å². The van der Waals surface area contributed by atoms with E-state index in [1.54, 1.807) is 48.0 Å². The first-order valence-corrected chi connectivity index (χ1v) is 10.5. The zero-order valence-corrected chi connectivity index (χ0v) is 17.7. The van der Waals surface area contributed by atoms with Crippen molar-refractivity contribution in [2.45, 2.75) is 24.8 Å². The minimum Gasteiger partial charge on any atom is -0.611 e. The standard InChI is InChI=1S/C20H20ClN3O4S/c1-11-8-16(21)15-9-17(24(3)19(15)22-11)20(27)23-12(2)13-4-6-14(7-5-13)29(28)10-18(25)26/h4-9,12H,10H2,1-3H3,(H,23,27)(H,25,26)/t12-,29?/m1/s1. The molecule has 0 aliphatic carbocycles. The van der Waals surface area contributed by atoms with E-state index in [9.17, 15) is 14.1 Å². The molecule has 2 atom stereocenters. The number of carboxylic acid groups (broad SMARTS) is 1. The molecule has 3 rings (SSSR count). The van der Waals surface area contributed by atoms with Gasteiger partial charge in [0.1, 0.15) is 11.3 Å². The summed E-state index contributed by atoms with van der Waals surface area (Å²) in [6, 6.07) is 9.83. The third-order valence-corrected chi connectivity index (χ3v) is 6.17. The molecule has 0 bridgehead atoms. The van der Waals surface area contributed by atoms with Crippen LogP contribution >= 0.6 is 11.6 Å². The summed E-state index contributed by atoms with van der Waals surface area (Å²) >= 11 is 4.68. The topological polar surface area (TPSA) is 107 Å². The number of aliphatic carboxylic acids is 1. The minimum atomic E-state index is -1.60. The predicted molar refractivity (Wildman–Crippen MR) is 112 cm³/mol. The van der Waals surface area contributed by atoms with Gasteiger partial charge in [-0.25, -0.2) is 9.78 Å². The molecule has 9 heteroatoms. The molecule has 29 heavy (non-hydrogen) atoms. The molecule has 0 radical (unpaired) electrons. The summed E-state index contributed by atoms with van der Waals surface area (Å²) in [5.41, 5.74) is 2.65. The van der Waals surface area contributed by atoms with Crippen LogP contribution in [0.3, 0.4) is 0 Å². The van der Waals surface area contributed by atoms with Crippen LogP contribution in [0.5, 0.6) is 0 Å². The van der Waals surface area contributed by atoms with E-state index in [2.05, 4.69) is 10.3 Å². The number of carboxylic acids is 1. The minimum absolute atomic E-state index is 0.273. The number of fused-ring (bicyclic) bond motifs is 1. The lowest BCUT2D eigenvalue weighted by atomic mass is 10.1. The molecule has 2 N–H and O–H groups in total. The van der Waals surface area contributed by atoms with Gasteiger partial charge in [-0.2, -0.15) is 0 Å². The Morgan fingerprint density at radius 1 is 1.31 bits per heavy atom. The Bertz CT molecular complexity index is 1080. The number of nitrogens with zero attached hydrogens (tertiary/aromatic N) is 2. The van der Waals surface area contributed by atoms with E-state index in [0.29, 0.717) is 26.6 Å². The summed E-state index contributed by atoms with van der Waals surface area (Å²) in [6.07, 6.45) is 0. The molecule has 2 heterocycles. The van der Waals surface area contributed by atoms with Crippen LogP contribution < -0.4 is 5.32 Å². The molecular weight excluding hydrogens is 414 g/mol. The Morgan fingerprint density at radius 2 is 1.97 bits per heavy atom. The van der Waals surface area contributed by atoms with Gasteiger partial charge in [0, 0.05) is 18.1 Å². The second kappa shape index (κ2) is 8.44. The van der Waals surface area contributed by atoms with Crippen LogP contribution in [-0.2, 0) is 23.0 Å². The van der Waals surface area contributed by atoms with Crippen molar-refractivity contribution >= 4 is 45.7 Å². The number of hydrogen-bond donors (Lipinski definition) is 2. The number of aryl methyl sites for hydroxylation is 2. The fourth-order valence-electron chi connectivity index (χ4n) is 3.04. The van der Waals surface area contributed by atoms with Crippen LogP contribution in [0.1, 0.15) is 34.7 Å². The maximum Gasteiger partial charge on any atom is 0.354 e. The van der Waals surface area contributed by atoms with Gasteiger partial charge < -0.3 is 19.5 Å². The number of carbonyl (C=O) groups excluding carboxylic acids is 1. The number of halogens is 1.